The fourth-order valence-electron chi connectivity index (χ4n) is 2.70. The number of anilines is 1. The van der Waals surface area contributed by atoms with E-state index in [1.54, 1.807) is 0 Å². The molecule has 0 saturated carbocycles. The minimum atomic E-state index is -5.91. The summed E-state index contributed by atoms with van der Waals surface area (Å²) >= 11 is 0. The highest BCUT2D eigenvalue weighted by Crippen LogP contribution is 2.34. The summed E-state index contributed by atoms with van der Waals surface area (Å²) in [6.07, 6.45) is -4.99. The number of halogens is 7. The van der Waals surface area contributed by atoms with Gasteiger partial charge in [-0.15, -0.1) is 0 Å². The summed E-state index contributed by atoms with van der Waals surface area (Å²) in [5.41, 5.74) is -7.67. The third kappa shape index (κ3) is 4.77. The number of rotatable bonds is 4. The smallest absolute Gasteiger partial charge is 0.376 e. The van der Waals surface area contributed by atoms with Crippen LogP contribution in [0.15, 0.2) is 54.6 Å². The lowest BCUT2D eigenvalue weighted by molar-refractivity contribution is -0.139. The summed E-state index contributed by atoms with van der Waals surface area (Å²) in [5, 5.41) is 2.43. The van der Waals surface area contributed by atoms with Gasteiger partial charge in [0.25, 0.3) is 5.91 Å². The zero-order chi connectivity index (χ0) is 23.9. The lowest BCUT2D eigenvalue weighted by atomic mass is 10.0. The first kappa shape index (κ1) is 23.3. The van der Waals surface area contributed by atoms with Crippen molar-refractivity contribution in [2.24, 2.45) is 0 Å². The number of benzene rings is 3. The summed E-state index contributed by atoms with van der Waals surface area (Å²) in [6.45, 7) is 0. The van der Waals surface area contributed by atoms with Crippen molar-refractivity contribution in [3.05, 3.63) is 71.5 Å². The topological polar surface area (TPSA) is 72.5 Å². The lowest BCUT2D eigenvalue weighted by Crippen LogP contribution is -2.28. The average molecular weight is 481 g/mol. The summed E-state index contributed by atoms with van der Waals surface area (Å²) in [6, 6.07) is 8.72. The van der Waals surface area contributed by atoms with Gasteiger partial charge in [0.15, 0.2) is 0 Å². The summed E-state index contributed by atoms with van der Waals surface area (Å²) < 4.78 is 116. The SMILES string of the molecule is O=C(Nc1ccc(F)c(C(F)(F)F)c1)c1cccc2cc(OS(=O)(=O)C(F)(F)F)ccc12. The minimum Gasteiger partial charge on any atom is -0.376 e. The Morgan fingerprint density at radius 1 is 0.906 bits per heavy atom. The van der Waals surface area contributed by atoms with Gasteiger partial charge in [-0.25, -0.2) is 4.39 Å². The van der Waals surface area contributed by atoms with Crippen LogP contribution in [0.1, 0.15) is 15.9 Å². The van der Waals surface area contributed by atoms with E-state index in [9.17, 15) is 43.9 Å². The van der Waals surface area contributed by atoms with Crippen molar-refractivity contribution in [2.75, 3.05) is 5.32 Å². The number of amides is 1. The molecule has 0 aliphatic rings. The summed E-state index contributed by atoms with van der Waals surface area (Å²) in [4.78, 5) is 12.6. The molecular formula is C19H10F7NO4S. The van der Waals surface area contributed by atoms with Crippen LogP contribution in [0.4, 0.5) is 36.4 Å². The molecule has 0 atom stereocenters. The first-order valence-electron chi connectivity index (χ1n) is 8.41. The number of fused-ring (bicyclic) bond motifs is 1. The average Bonchev–Trinajstić information content (AvgIpc) is 2.66. The van der Waals surface area contributed by atoms with Crippen LogP contribution in [-0.2, 0) is 16.3 Å². The predicted octanol–water partition coefficient (Wildman–Crippen LogP) is 5.48. The molecule has 0 unspecified atom stereocenters. The van der Waals surface area contributed by atoms with Crippen molar-refractivity contribution < 1.29 is 48.1 Å². The highest BCUT2D eigenvalue weighted by Gasteiger charge is 2.48. The van der Waals surface area contributed by atoms with Crippen LogP contribution in [0.3, 0.4) is 0 Å². The zero-order valence-electron chi connectivity index (χ0n) is 15.4. The molecule has 3 aromatic rings. The van der Waals surface area contributed by atoms with Crippen LogP contribution in [0.25, 0.3) is 10.8 Å². The molecule has 0 aromatic heterocycles. The number of hydrogen-bond acceptors (Lipinski definition) is 4. The second kappa shape index (κ2) is 7.97. The highest BCUT2D eigenvalue weighted by molar-refractivity contribution is 7.88. The third-order valence-electron chi connectivity index (χ3n) is 4.12. The summed E-state index contributed by atoms with van der Waals surface area (Å²) in [5.74, 6) is -3.09. The fraction of sp³-hybridized carbons (Fsp3) is 0.105. The molecule has 0 heterocycles. The van der Waals surface area contributed by atoms with E-state index in [0.29, 0.717) is 12.1 Å². The Balaban J connectivity index is 1.92. The van der Waals surface area contributed by atoms with Crippen LogP contribution in [0.5, 0.6) is 5.75 Å². The third-order valence-corrected chi connectivity index (χ3v) is 5.09. The maximum atomic E-state index is 13.4. The van der Waals surface area contributed by atoms with Gasteiger partial charge in [-0.1, -0.05) is 12.1 Å². The van der Waals surface area contributed by atoms with Gasteiger partial charge in [-0.3, -0.25) is 4.79 Å². The van der Waals surface area contributed by atoms with Crippen LogP contribution < -0.4 is 9.50 Å². The maximum Gasteiger partial charge on any atom is 0.534 e. The fourth-order valence-corrected chi connectivity index (χ4v) is 3.16. The molecule has 1 N–H and O–H groups in total. The monoisotopic (exact) mass is 481 g/mol. The standard InChI is InChI=1S/C19H10F7NO4S/c20-16-7-4-11(9-15(16)18(21,22)23)27-17(28)14-3-1-2-10-8-12(5-6-13(10)14)31-32(29,30)19(24,25)26/h1-9H,(H,27,28). The van der Waals surface area contributed by atoms with Gasteiger partial charge in [-0.05, 0) is 53.2 Å². The van der Waals surface area contributed by atoms with Crippen molar-refractivity contribution in [1.82, 2.24) is 0 Å². The van der Waals surface area contributed by atoms with E-state index in [2.05, 4.69) is 9.50 Å². The quantitative estimate of drug-likeness (QED) is 0.305. The molecule has 0 radical (unpaired) electrons. The van der Waals surface area contributed by atoms with Crippen molar-refractivity contribution in [3.63, 3.8) is 0 Å². The molecule has 3 aromatic carbocycles. The Morgan fingerprint density at radius 3 is 2.22 bits per heavy atom. The molecule has 3 rings (SSSR count). The minimum absolute atomic E-state index is 0.0920. The Kier molecular flexibility index (Phi) is 5.80. The molecule has 0 aliphatic carbocycles. The van der Waals surface area contributed by atoms with Crippen molar-refractivity contribution in [1.29, 1.82) is 0 Å². The second-order valence-electron chi connectivity index (χ2n) is 6.32. The molecule has 1 amide bonds. The Bertz CT molecular complexity index is 1300. The molecule has 0 aliphatic heterocycles. The van der Waals surface area contributed by atoms with Gasteiger partial charge in [0, 0.05) is 11.3 Å². The van der Waals surface area contributed by atoms with Gasteiger partial charge in [0.1, 0.15) is 11.6 Å². The number of carbonyl (C=O) groups excluding carboxylic acids is 1. The first-order chi connectivity index (χ1) is 14.7. The predicted molar refractivity (Wildman–Crippen MR) is 98.9 cm³/mol. The van der Waals surface area contributed by atoms with E-state index in [4.69, 9.17) is 0 Å². The molecule has 0 spiro atoms. The van der Waals surface area contributed by atoms with Crippen molar-refractivity contribution in [2.45, 2.75) is 11.7 Å². The van der Waals surface area contributed by atoms with Gasteiger partial charge >= 0.3 is 21.8 Å². The van der Waals surface area contributed by atoms with Crippen LogP contribution in [0.2, 0.25) is 0 Å². The molecule has 170 valence electrons. The highest BCUT2D eigenvalue weighted by atomic mass is 32.2. The molecule has 5 nitrogen and oxygen atoms in total. The van der Waals surface area contributed by atoms with E-state index in [-0.39, 0.29) is 22.0 Å². The van der Waals surface area contributed by atoms with Gasteiger partial charge < -0.3 is 9.50 Å². The van der Waals surface area contributed by atoms with E-state index < -0.39 is 44.8 Å². The zero-order valence-corrected chi connectivity index (χ0v) is 16.2. The van der Waals surface area contributed by atoms with Crippen LogP contribution in [-0.4, -0.2) is 19.8 Å². The van der Waals surface area contributed by atoms with Gasteiger partial charge in [0.05, 0.1) is 5.56 Å². The lowest BCUT2D eigenvalue weighted by Gasteiger charge is -2.13. The Hall–Kier alpha value is -3.35. The number of carbonyl (C=O) groups is 1. The molecule has 0 saturated heterocycles. The second-order valence-corrected chi connectivity index (χ2v) is 7.86. The number of alkyl halides is 6. The van der Waals surface area contributed by atoms with Crippen LogP contribution in [0, 0.1) is 5.82 Å². The van der Waals surface area contributed by atoms with E-state index in [1.807, 2.05) is 0 Å². The molecular weight excluding hydrogens is 471 g/mol. The Morgan fingerprint density at radius 2 is 1.59 bits per heavy atom. The van der Waals surface area contributed by atoms with Crippen LogP contribution >= 0.6 is 0 Å². The molecule has 32 heavy (non-hydrogen) atoms. The summed E-state index contributed by atoms with van der Waals surface area (Å²) in [7, 11) is -5.91. The molecule has 0 bridgehead atoms. The van der Waals surface area contributed by atoms with E-state index >= 15 is 0 Å². The normalized spacial score (nSPS) is 12.6. The van der Waals surface area contributed by atoms with E-state index in [0.717, 1.165) is 24.3 Å². The number of nitrogens with one attached hydrogen (secondary N) is 1. The first-order valence-corrected chi connectivity index (χ1v) is 9.81. The van der Waals surface area contributed by atoms with Gasteiger partial charge in [-0.2, -0.15) is 34.8 Å². The van der Waals surface area contributed by atoms with E-state index in [1.165, 1.54) is 18.2 Å². The maximum absolute atomic E-state index is 13.4. The Labute approximate surface area is 175 Å². The number of hydrogen-bond donors (Lipinski definition) is 1. The largest absolute Gasteiger partial charge is 0.534 e. The molecule has 13 heteroatoms. The van der Waals surface area contributed by atoms with Crippen molar-refractivity contribution in [3.8, 4) is 5.75 Å². The molecule has 0 fully saturated rings. The van der Waals surface area contributed by atoms with Gasteiger partial charge in [0.2, 0.25) is 0 Å². The van der Waals surface area contributed by atoms with Crippen molar-refractivity contribution >= 4 is 32.5 Å².